The Bertz CT molecular complexity index is 491. The van der Waals surface area contributed by atoms with Gasteiger partial charge in [-0.05, 0) is 26.3 Å². The first-order valence-corrected chi connectivity index (χ1v) is 7.38. The summed E-state index contributed by atoms with van der Waals surface area (Å²) in [5, 5.41) is 3.40. The number of rotatable bonds is 2. The summed E-state index contributed by atoms with van der Waals surface area (Å²) in [6.07, 6.45) is 3.95. The molecule has 1 N–H and O–H groups in total. The monoisotopic (exact) mass is 288 g/mol. The molecule has 2 rings (SSSR count). The molecule has 21 heavy (non-hydrogen) atoms. The predicted molar refractivity (Wildman–Crippen MR) is 85.1 cm³/mol. The molecule has 1 aliphatic heterocycles. The van der Waals surface area contributed by atoms with E-state index >= 15 is 0 Å². The largest absolute Gasteiger partial charge is 0.444 e. The van der Waals surface area contributed by atoms with Gasteiger partial charge in [-0.1, -0.05) is 42.5 Å². The lowest BCUT2D eigenvalue weighted by atomic mass is 10.1. The maximum Gasteiger partial charge on any atom is 0.410 e. The van der Waals surface area contributed by atoms with Crippen LogP contribution in [-0.4, -0.2) is 42.3 Å². The molecule has 1 saturated heterocycles. The van der Waals surface area contributed by atoms with E-state index in [1.54, 1.807) is 4.90 Å². The molecule has 0 aliphatic carbocycles. The third kappa shape index (κ3) is 5.23. The average molecular weight is 288 g/mol. The summed E-state index contributed by atoms with van der Waals surface area (Å²) in [5.74, 6) is 0. The first-order chi connectivity index (χ1) is 9.94. The zero-order chi connectivity index (χ0) is 15.3. The van der Waals surface area contributed by atoms with Crippen LogP contribution in [0.25, 0.3) is 6.08 Å². The van der Waals surface area contributed by atoms with Gasteiger partial charge in [0, 0.05) is 25.7 Å². The fourth-order valence-corrected chi connectivity index (χ4v) is 2.19. The van der Waals surface area contributed by atoms with Gasteiger partial charge in [0.2, 0.25) is 0 Å². The minimum atomic E-state index is -0.447. The molecule has 1 amide bonds. The van der Waals surface area contributed by atoms with Gasteiger partial charge in [-0.25, -0.2) is 4.79 Å². The number of nitrogens with one attached hydrogen (secondary N) is 1. The van der Waals surface area contributed by atoms with E-state index in [0.717, 1.165) is 12.1 Å². The van der Waals surface area contributed by atoms with Crippen molar-refractivity contribution in [1.29, 1.82) is 0 Å². The minimum Gasteiger partial charge on any atom is -0.444 e. The van der Waals surface area contributed by atoms with Crippen LogP contribution in [0, 0.1) is 0 Å². The van der Waals surface area contributed by atoms with Gasteiger partial charge in [0.15, 0.2) is 0 Å². The van der Waals surface area contributed by atoms with Crippen LogP contribution in [0.2, 0.25) is 0 Å². The topological polar surface area (TPSA) is 41.6 Å². The molecule has 0 bridgehead atoms. The molecular weight excluding hydrogens is 264 g/mol. The average Bonchev–Trinajstić information content (AvgIpc) is 2.45. The van der Waals surface area contributed by atoms with Gasteiger partial charge in [0.05, 0.1) is 0 Å². The van der Waals surface area contributed by atoms with Crippen molar-refractivity contribution in [2.24, 2.45) is 0 Å². The third-order valence-electron chi connectivity index (χ3n) is 3.18. The second-order valence-corrected chi connectivity index (χ2v) is 6.26. The van der Waals surface area contributed by atoms with Crippen LogP contribution in [0.1, 0.15) is 26.3 Å². The van der Waals surface area contributed by atoms with Crippen LogP contribution in [-0.2, 0) is 4.74 Å². The predicted octanol–water partition coefficient (Wildman–Crippen LogP) is 2.91. The van der Waals surface area contributed by atoms with E-state index in [9.17, 15) is 4.79 Å². The molecule has 4 nitrogen and oxygen atoms in total. The number of amides is 1. The molecule has 4 heteroatoms. The Morgan fingerprint density at radius 3 is 2.71 bits per heavy atom. The molecule has 1 atom stereocenters. The summed E-state index contributed by atoms with van der Waals surface area (Å²) in [7, 11) is 0. The highest BCUT2D eigenvalue weighted by molar-refractivity contribution is 5.68. The fraction of sp³-hybridized carbons (Fsp3) is 0.471. The lowest BCUT2D eigenvalue weighted by molar-refractivity contribution is 0.0210. The summed E-state index contributed by atoms with van der Waals surface area (Å²) in [6.45, 7) is 7.77. The Hall–Kier alpha value is -1.81. The highest BCUT2D eigenvalue weighted by Gasteiger charge is 2.26. The Kier molecular flexibility index (Phi) is 5.02. The summed E-state index contributed by atoms with van der Waals surface area (Å²) in [5.41, 5.74) is 0.714. The normalized spacial score (nSPS) is 19.8. The van der Waals surface area contributed by atoms with E-state index in [2.05, 4.69) is 29.6 Å². The number of carbonyl (C=O) groups excluding carboxylic acids is 1. The van der Waals surface area contributed by atoms with E-state index in [1.807, 2.05) is 39.0 Å². The Morgan fingerprint density at radius 1 is 1.33 bits per heavy atom. The van der Waals surface area contributed by atoms with Crippen LogP contribution in [0.5, 0.6) is 0 Å². The van der Waals surface area contributed by atoms with Gasteiger partial charge in [-0.15, -0.1) is 0 Å². The second-order valence-electron chi connectivity index (χ2n) is 6.26. The van der Waals surface area contributed by atoms with Crippen molar-refractivity contribution in [3.8, 4) is 0 Å². The maximum atomic E-state index is 12.1. The first-order valence-electron chi connectivity index (χ1n) is 7.38. The summed E-state index contributed by atoms with van der Waals surface area (Å²) in [4.78, 5) is 13.9. The smallest absolute Gasteiger partial charge is 0.410 e. The lowest BCUT2D eigenvalue weighted by Crippen LogP contribution is -2.52. The molecule has 0 saturated carbocycles. The van der Waals surface area contributed by atoms with Crippen LogP contribution < -0.4 is 5.32 Å². The highest BCUT2D eigenvalue weighted by Crippen LogP contribution is 2.12. The number of carbonyl (C=O) groups is 1. The number of hydrogen-bond donors (Lipinski definition) is 1. The molecular formula is C17H24N2O2. The molecule has 0 aromatic heterocycles. The van der Waals surface area contributed by atoms with Crippen molar-refractivity contribution < 1.29 is 9.53 Å². The molecule has 1 aromatic carbocycles. The van der Waals surface area contributed by atoms with E-state index in [-0.39, 0.29) is 12.1 Å². The maximum absolute atomic E-state index is 12.1. The van der Waals surface area contributed by atoms with Crippen molar-refractivity contribution in [2.45, 2.75) is 32.4 Å². The Labute approximate surface area is 126 Å². The molecule has 1 unspecified atom stereocenters. The van der Waals surface area contributed by atoms with Crippen LogP contribution in [0.15, 0.2) is 36.4 Å². The van der Waals surface area contributed by atoms with Crippen molar-refractivity contribution in [3.63, 3.8) is 0 Å². The second kappa shape index (κ2) is 6.76. The van der Waals surface area contributed by atoms with Crippen LogP contribution >= 0.6 is 0 Å². The van der Waals surface area contributed by atoms with Gasteiger partial charge in [0.1, 0.15) is 5.60 Å². The van der Waals surface area contributed by atoms with E-state index in [1.165, 1.54) is 0 Å². The minimum absolute atomic E-state index is 0.159. The third-order valence-corrected chi connectivity index (χ3v) is 3.18. The van der Waals surface area contributed by atoms with Gasteiger partial charge in [-0.3, -0.25) is 0 Å². The van der Waals surface area contributed by atoms with Crippen LogP contribution in [0.4, 0.5) is 4.79 Å². The first kappa shape index (κ1) is 15.6. The molecule has 1 aliphatic rings. The van der Waals surface area contributed by atoms with Crippen LogP contribution in [0.3, 0.4) is 0 Å². The summed E-state index contributed by atoms with van der Waals surface area (Å²) >= 11 is 0. The molecule has 1 aromatic rings. The van der Waals surface area contributed by atoms with Gasteiger partial charge < -0.3 is 15.0 Å². The van der Waals surface area contributed by atoms with Gasteiger partial charge >= 0.3 is 6.09 Å². The van der Waals surface area contributed by atoms with Crippen molar-refractivity contribution in [1.82, 2.24) is 10.2 Å². The standard InChI is InChI=1S/C17H24N2O2/c1-17(2,3)21-16(20)19-12-11-18-15(13-19)10-9-14-7-5-4-6-8-14/h4-10,15,18H,11-13H2,1-3H3/b10-9+. The summed E-state index contributed by atoms with van der Waals surface area (Å²) < 4.78 is 5.42. The zero-order valence-electron chi connectivity index (χ0n) is 13.0. The van der Waals surface area contributed by atoms with Crippen molar-refractivity contribution in [3.05, 3.63) is 42.0 Å². The Morgan fingerprint density at radius 2 is 2.05 bits per heavy atom. The fourth-order valence-electron chi connectivity index (χ4n) is 2.19. The molecule has 114 valence electrons. The van der Waals surface area contributed by atoms with Gasteiger partial charge in [-0.2, -0.15) is 0 Å². The number of nitrogens with zero attached hydrogens (tertiary/aromatic N) is 1. The molecule has 0 radical (unpaired) electrons. The quantitative estimate of drug-likeness (QED) is 0.910. The number of piperazine rings is 1. The lowest BCUT2D eigenvalue weighted by Gasteiger charge is -2.33. The Balaban J connectivity index is 1.92. The molecule has 0 spiro atoms. The van der Waals surface area contributed by atoms with E-state index < -0.39 is 5.60 Å². The van der Waals surface area contributed by atoms with E-state index in [4.69, 9.17) is 4.74 Å². The van der Waals surface area contributed by atoms with Gasteiger partial charge in [0.25, 0.3) is 0 Å². The summed E-state index contributed by atoms with van der Waals surface area (Å²) in [6, 6.07) is 10.3. The van der Waals surface area contributed by atoms with Crippen molar-refractivity contribution >= 4 is 12.2 Å². The zero-order valence-corrected chi connectivity index (χ0v) is 13.0. The van der Waals surface area contributed by atoms with E-state index in [0.29, 0.717) is 13.1 Å². The number of benzene rings is 1. The number of hydrogen-bond acceptors (Lipinski definition) is 3. The highest BCUT2D eigenvalue weighted by atomic mass is 16.6. The number of ether oxygens (including phenoxy) is 1. The molecule has 1 fully saturated rings. The van der Waals surface area contributed by atoms with Crippen molar-refractivity contribution in [2.75, 3.05) is 19.6 Å². The molecule has 1 heterocycles. The SMILES string of the molecule is CC(C)(C)OC(=O)N1CCNC(/C=C/c2ccccc2)C1.